The molecule has 0 unspecified atom stereocenters. The van der Waals surface area contributed by atoms with E-state index in [4.69, 9.17) is 4.74 Å². The van der Waals surface area contributed by atoms with Gasteiger partial charge in [-0.15, -0.1) is 0 Å². The number of nitro benzene ring substituents is 1. The van der Waals surface area contributed by atoms with Crippen LogP contribution in [-0.2, 0) is 11.8 Å². The number of rotatable bonds is 2. The average Bonchev–Trinajstić information content (AvgIpc) is 2.92. The molecule has 0 saturated carbocycles. The molecule has 0 fully saturated rings. The second-order valence-electron chi connectivity index (χ2n) is 6.91. The van der Waals surface area contributed by atoms with E-state index in [1.165, 1.54) is 12.7 Å². The van der Waals surface area contributed by atoms with Gasteiger partial charge in [0.05, 0.1) is 12.0 Å². The van der Waals surface area contributed by atoms with Crippen LogP contribution in [0.3, 0.4) is 0 Å². The number of hydrogen-bond donors (Lipinski definition) is 1. The number of hydrogen-bond acceptors (Lipinski definition) is 3. The van der Waals surface area contributed by atoms with Crippen molar-refractivity contribution in [2.24, 2.45) is 0 Å². The number of aromatic amines is 1. The van der Waals surface area contributed by atoms with E-state index in [1.807, 2.05) is 12.1 Å². The predicted molar refractivity (Wildman–Crippen MR) is 101 cm³/mol. The number of nitrogens with one attached hydrogen (secondary N) is 1. The van der Waals surface area contributed by atoms with Gasteiger partial charge in [-0.25, -0.2) is 0 Å². The van der Waals surface area contributed by atoms with Crippen LogP contribution < -0.4 is 4.74 Å². The molecule has 1 aromatic heterocycles. The summed E-state index contributed by atoms with van der Waals surface area (Å²) in [5.74, 6) is 0.305. The second-order valence-corrected chi connectivity index (χ2v) is 7.82. The fraction of sp³-hybridized carbons (Fsp3) is 0.263. The first-order valence-electron chi connectivity index (χ1n) is 7.99. The zero-order valence-electron chi connectivity index (χ0n) is 14.1. The Hall–Kier alpha value is -2.34. The lowest BCUT2D eigenvalue weighted by Crippen LogP contribution is -2.27. The third-order valence-corrected chi connectivity index (χ3v) is 5.63. The molecule has 0 saturated heterocycles. The standard InChI is InChI=1S/C19H17BrN2O3/c1-19(2)14-9-17(25-3)16(22(23)24)7-10(14)6-13-12-5-4-11(20)8-15(12)21-18(13)19/h4-5,7-9,21H,6H2,1-3H3. The van der Waals surface area contributed by atoms with Crippen molar-refractivity contribution >= 4 is 32.5 Å². The van der Waals surface area contributed by atoms with Crippen molar-refractivity contribution in [1.82, 2.24) is 4.98 Å². The van der Waals surface area contributed by atoms with Gasteiger partial charge >= 0.3 is 5.69 Å². The number of halogens is 1. The summed E-state index contributed by atoms with van der Waals surface area (Å²) in [4.78, 5) is 14.6. The summed E-state index contributed by atoms with van der Waals surface area (Å²) < 4.78 is 6.29. The first-order valence-corrected chi connectivity index (χ1v) is 8.78. The molecule has 3 aromatic rings. The van der Waals surface area contributed by atoms with Crippen molar-refractivity contribution in [2.45, 2.75) is 25.7 Å². The lowest BCUT2D eigenvalue weighted by molar-refractivity contribution is -0.385. The summed E-state index contributed by atoms with van der Waals surface area (Å²) >= 11 is 3.52. The first-order chi connectivity index (χ1) is 11.8. The molecule has 128 valence electrons. The zero-order valence-corrected chi connectivity index (χ0v) is 15.7. The third-order valence-electron chi connectivity index (χ3n) is 5.14. The average molecular weight is 401 g/mol. The van der Waals surface area contributed by atoms with Crippen LogP contribution in [0.5, 0.6) is 5.75 Å². The van der Waals surface area contributed by atoms with Crippen molar-refractivity contribution in [2.75, 3.05) is 7.11 Å². The monoisotopic (exact) mass is 400 g/mol. The molecule has 5 nitrogen and oxygen atoms in total. The summed E-state index contributed by atoms with van der Waals surface area (Å²) in [6.07, 6.45) is 0.667. The third kappa shape index (κ3) is 2.28. The van der Waals surface area contributed by atoms with Gasteiger partial charge in [0.1, 0.15) is 0 Å². The van der Waals surface area contributed by atoms with Crippen molar-refractivity contribution in [1.29, 1.82) is 0 Å². The van der Waals surface area contributed by atoms with E-state index in [2.05, 4.69) is 46.9 Å². The van der Waals surface area contributed by atoms with Gasteiger partial charge in [-0.3, -0.25) is 10.1 Å². The van der Waals surface area contributed by atoms with Crippen LogP contribution >= 0.6 is 15.9 Å². The maximum atomic E-state index is 11.4. The minimum atomic E-state index is -0.381. The number of aromatic nitrogens is 1. The Morgan fingerprint density at radius 3 is 2.72 bits per heavy atom. The molecule has 0 amide bonds. The summed E-state index contributed by atoms with van der Waals surface area (Å²) in [6.45, 7) is 4.28. The second kappa shape index (κ2) is 5.33. The normalized spacial score (nSPS) is 14.9. The van der Waals surface area contributed by atoms with E-state index >= 15 is 0 Å². The fourth-order valence-corrected chi connectivity index (χ4v) is 4.28. The molecule has 4 rings (SSSR count). The molecule has 0 bridgehead atoms. The molecular formula is C19H17BrN2O3. The smallest absolute Gasteiger partial charge is 0.311 e. The van der Waals surface area contributed by atoms with Gasteiger partial charge in [-0.2, -0.15) is 0 Å². The minimum absolute atomic E-state index is 0.0167. The summed E-state index contributed by atoms with van der Waals surface area (Å²) in [5.41, 5.74) is 5.20. The lowest BCUT2D eigenvalue weighted by atomic mass is 9.71. The number of fused-ring (bicyclic) bond motifs is 4. The molecule has 0 aliphatic heterocycles. The van der Waals surface area contributed by atoms with Gasteiger partial charge in [0, 0.05) is 39.0 Å². The van der Waals surface area contributed by atoms with Crippen molar-refractivity contribution in [3.63, 3.8) is 0 Å². The Morgan fingerprint density at radius 2 is 2.04 bits per heavy atom. The van der Waals surface area contributed by atoms with E-state index in [0.29, 0.717) is 12.2 Å². The van der Waals surface area contributed by atoms with Crippen LogP contribution in [0.2, 0.25) is 0 Å². The Labute approximate surface area is 153 Å². The zero-order chi connectivity index (χ0) is 17.9. The number of nitro groups is 1. The van der Waals surface area contributed by atoms with Gasteiger partial charge < -0.3 is 9.72 Å². The lowest BCUT2D eigenvalue weighted by Gasteiger charge is -2.33. The van der Waals surface area contributed by atoms with Gasteiger partial charge in [0.2, 0.25) is 0 Å². The number of benzene rings is 2. The van der Waals surface area contributed by atoms with Crippen LogP contribution in [0.15, 0.2) is 34.8 Å². The number of nitrogens with zero attached hydrogens (tertiary/aromatic N) is 1. The molecule has 1 aliphatic rings. The summed E-state index contributed by atoms with van der Waals surface area (Å²) in [7, 11) is 1.47. The van der Waals surface area contributed by atoms with E-state index in [0.717, 1.165) is 32.2 Å². The SMILES string of the molecule is COc1cc2c(cc1[N+](=O)[O-])Cc1c([nH]c3cc(Br)ccc13)C2(C)C. The molecule has 25 heavy (non-hydrogen) atoms. The van der Waals surface area contributed by atoms with E-state index < -0.39 is 0 Å². The molecule has 0 atom stereocenters. The molecule has 1 N–H and O–H groups in total. The predicted octanol–water partition coefficient (Wildman–Crippen LogP) is 5.08. The van der Waals surface area contributed by atoms with Gasteiger partial charge in [0.25, 0.3) is 0 Å². The highest BCUT2D eigenvalue weighted by atomic mass is 79.9. The fourth-order valence-electron chi connectivity index (χ4n) is 3.92. The summed E-state index contributed by atoms with van der Waals surface area (Å²) in [5, 5.41) is 12.5. The molecule has 1 heterocycles. The van der Waals surface area contributed by atoms with Crippen LogP contribution in [0, 0.1) is 10.1 Å². The Balaban J connectivity index is 2.00. The van der Waals surface area contributed by atoms with E-state index in [1.54, 1.807) is 6.07 Å². The quantitative estimate of drug-likeness (QED) is 0.481. The van der Waals surface area contributed by atoms with Gasteiger partial charge in [-0.1, -0.05) is 35.8 Å². The maximum absolute atomic E-state index is 11.4. The van der Waals surface area contributed by atoms with Crippen LogP contribution in [0.1, 0.15) is 36.2 Å². The molecule has 1 aliphatic carbocycles. The van der Waals surface area contributed by atoms with Crippen molar-refractivity contribution < 1.29 is 9.66 Å². The molecular weight excluding hydrogens is 384 g/mol. The molecule has 2 aromatic carbocycles. The van der Waals surface area contributed by atoms with Crippen LogP contribution in [0.25, 0.3) is 10.9 Å². The molecule has 0 radical (unpaired) electrons. The molecule has 6 heteroatoms. The van der Waals surface area contributed by atoms with Gasteiger partial charge in [0.15, 0.2) is 5.75 Å². The number of ether oxygens (including phenoxy) is 1. The largest absolute Gasteiger partial charge is 0.490 e. The highest BCUT2D eigenvalue weighted by Gasteiger charge is 2.37. The number of H-pyrrole nitrogens is 1. The highest BCUT2D eigenvalue weighted by molar-refractivity contribution is 9.10. The highest BCUT2D eigenvalue weighted by Crippen LogP contribution is 2.46. The summed E-state index contributed by atoms with van der Waals surface area (Å²) in [6, 6.07) is 9.66. The Bertz CT molecular complexity index is 1040. The number of methoxy groups -OCH3 is 1. The van der Waals surface area contributed by atoms with Crippen molar-refractivity contribution in [3.05, 3.63) is 67.3 Å². The topological polar surface area (TPSA) is 68.2 Å². The van der Waals surface area contributed by atoms with E-state index in [-0.39, 0.29) is 16.0 Å². The van der Waals surface area contributed by atoms with Gasteiger partial charge in [-0.05, 0) is 34.9 Å². The first kappa shape index (κ1) is 16.1. The molecule has 0 spiro atoms. The van der Waals surface area contributed by atoms with Crippen LogP contribution in [-0.4, -0.2) is 17.0 Å². The Morgan fingerprint density at radius 1 is 1.28 bits per heavy atom. The van der Waals surface area contributed by atoms with Crippen molar-refractivity contribution in [3.8, 4) is 5.75 Å². The van der Waals surface area contributed by atoms with Crippen LogP contribution in [0.4, 0.5) is 5.69 Å². The Kier molecular flexibility index (Phi) is 3.44. The maximum Gasteiger partial charge on any atom is 0.311 e. The van der Waals surface area contributed by atoms with E-state index in [9.17, 15) is 10.1 Å². The minimum Gasteiger partial charge on any atom is -0.490 e.